The van der Waals surface area contributed by atoms with Crippen LogP contribution in [0, 0.1) is 11.6 Å². The molecule has 0 aliphatic heterocycles. The van der Waals surface area contributed by atoms with Gasteiger partial charge in [0.2, 0.25) is 0 Å². The van der Waals surface area contributed by atoms with Crippen LogP contribution in [0.5, 0.6) is 0 Å². The van der Waals surface area contributed by atoms with E-state index in [9.17, 15) is 8.78 Å². The Bertz CT molecular complexity index is 351. The molecule has 0 heterocycles. The van der Waals surface area contributed by atoms with E-state index in [1.807, 2.05) is 13.8 Å². The Morgan fingerprint density at radius 2 is 1.89 bits per heavy atom. The molecule has 0 amide bonds. The number of nitrogens with one attached hydrogen (secondary N) is 1. The van der Waals surface area contributed by atoms with Crippen molar-refractivity contribution in [3.63, 3.8) is 0 Å². The highest BCUT2D eigenvalue weighted by Gasteiger charge is 2.20. The van der Waals surface area contributed by atoms with Gasteiger partial charge in [-0.25, -0.2) is 8.78 Å². The number of halogens is 2. The van der Waals surface area contributed by atoms with Crippen LogP contribution in [0.2, 0.25) is 0 Å². The maximum atomic E-state index is 13.6. The average molecular weight is 257 g/mol. The molecular weight excluding hydrogens is 236 g/mol. The molecule has 0 fully saturated rings. The van der Waals surface area contributed by atoms with Gasteiger partial charge in [0.25, 0.3) is 0 Å². The van der Waals surface area contributed by atoms with Gasteiger partial charge in [-0.1, -0.05) is 13.0 Å². The van der Waals surface area contributed by atoms with E-state index in [4.69, 9.17) is 4.74 Å². The molecule has 0 saturated heterocycles. The molecule has 1 aromatic rings. The summed E-state index contributed by atoms with van der Waals surface area (Å²) in [5.74, 6) is -0.997. The van der Waals surface area contributed by atoms with E-state index in [2.05, 4.69) is 5.32 Å². The van der Waals surface area contributed by atoms with Crippen molar-refractivity contribution in [2.24, 2.45) is 0 Å². The second-order valence-corrected chi connectivity index (χ2v) is 4.41. The summed E-state index contributed by atoms with van der Waals surface area (Å²) in [6, 6.07) is 3.85. The molecule has 18 heavy (non-hydrogen) atoms. The van der Waals surface area contributed by atoms with Gasteiger partial charge in [-0.3, -0.25) is 0 Å². The Balaban J connectivity index is 2.81. The van der Waals surface area contributed by atoms with Crippen molar-refractivity contribution in [1.29, 1.82) is 0 Å². The van der Waals surface area contributed by atoms with Crippen molar-refractivity contribution in [2.75, 3.05) is 13.7 Å². The lowest BCUT2D eigenvalue weighted by Gasteiger charge is -2.24. The van der Waals surface area contributed by atoms with E-state index in [1.165, 1.54) is 18.2 Å². The highest BCUT2D eigenvalue weighted by molar-refractivity contribution is 5.21. The zero-order chi connectivity index (χ0) is 13.5. The van der Waals surface area contributed by atoms with Crippen LogP contribution in [0.4, 0.5) is 8.78 Å². The van der Waals surface area contributed by atoms with Gasteiger partial charge in [-0.2, -0.15) is 0 Å². The summed E-state index contributed by atoms with van der Waals surface area (Å²) in [7, 11) is 1.60. The summed E-state index contributed by atoms with van der Waals surface area (Å²) in [4.78, 5) is 0. The molecule has 0 saturated carbocycles. The molecule has 2 atom stereocenters. The molecule has 1 aromatic carbocycles. The number of ether oxygens (including phenoxy) is 1. The first-order valence-corrected chi connectivity index (χ1v) is 6.29. The molecule has 0 radical (unpaired) electrons. The van der Waals surface area contributed by atoms with Gasteiger partial charge in [0, 0.05) is 18.7 Å². The van der Waals surface area contributed by atoms with Crippen molar-refractivity contribution in [2.45, 2.75) is 38.8 Å². The van der Waals surface area contributed by atoms with Crippen LogP contribution in [0.15, 0.2) is 18.2 Å². The lowest BCUT2D eigenvalue weighted by molar-refractivity contribution is 0.0825. The van der Waals surface area contributed by atoms with Crippen molar-refractivity contribution in [3.05, 3.63) is 35.4 Å². The van der Waals surface area contributed by atoms with Gasteiger partial charge in [0.05, 0.1) is 6.10 Å². The highest BCUT2D eigenvalue weighted by atomic mass is 19.1. The van der Waals surface area contributed by atoms with E-state index in [1.54, 1.807) is 7.11 Å². The number of hydrogen-bond donors (Lipinski definition) is 1. The summed E-state index contributed by atoms with van der Waals surface area (Å²) >= 11 is 0. The molecule has 4 heteroatoms. The quantitative estimate of drug-likeness (QED) is 0.811. The smallest absolute Gasteiger partial charge is 0.129 e. The Hall–Kier alpha value is -1.00. The summed E-state index contributed by atoms with van der Waals surface area (Å²) < 4.78 is 32.4. The zero-order valence-electron chi connectivity index (χ0n) is 11.2. The molecule has 2 nitrogen and oxygen atoms in total. The molecule has 0 aliphatic carbocycles. The zero-order valence-corrected chi connectivity index (χ0v) is 11.2. The fourth-order valence-corrected chi connectivity index (χ4v) is 1.85. The second-order valence-electron chi connectivity index (χ2n) is 4.41. The molecule has 0 aromatic heterocycles. The Morgan fingerprint density at radius 3 is 2.39 bits per heavy atom. The minimum Gasteiger partial charge on any atom is -0.380 e. The third-order valence-electron chi connectivity index (χ3n) is 3.08. The van der Waals surface area contributed by atoms with Crippen LogP contribution >= 0.6 is 0 Å². The first-order chi connectivity index (χ1) is 8.60. The van der Waals surface area contributed by atoms with Crippen molar-refractivity contribution < 1.29 is 13.5 Å². The summed E-state index contributed by atoms with van der Waals surface area (Å²) in [6.45, 7) is 4.74. The van der Waals surface area contributed by atoms with Crippen LogP contribution in [-0.4, -0.2) is 25.8 Å². The Kier molecular flexibility index (Phi) is 6.22. The number of rotatable bonds is 7. The fourth-order valence-electron chi connectivity index (χ4n) is 1.85. The highest BCUT2D eigenvalue weighted by Crippen LogP contribution is 2.16. The van der Waals surface area contributed by atoms with Crippen LogP contribution < -0.4 is 5.32 Å². The standard InChI is InChI=1S/C14H21F2NO/c1-4-8-17-14(10(2)18-3)9-11-12(15)6-5-7-13(11)16/h5-7,10,14,17H,4,8-9H2,1-3H3. The lowest BCUT2D eigenvalue weighted by Crippen LogP contribution is -2.41. The molecule has 0 aliphatic rings. The minimum absolute atomic E-state index is 0.0960. The molecule has 1 N–H and O–H groups in total. The van der Waals surface area contributed by atoms with Gasteiger partial charge in [0.1, 0.15) is 11.6 Å². The predicted molar refractivity (Wildman–Crippen MR) is 68.6 cm³/mol. The summed E-state index contributed by atoms with van der Waals surface area (Å²) in [5.41, 5.74) is 0.120. The van der Waals surface area contributed by atoms with Crippen LogP contribution in [0.1, 0.15) is 25.8 Å². The average Bonchev–Trinajstić information content (AvgIpc) is 2.36. The van der Waals surface area contributed by atoms with Crippen LogP contribution in [0.3, 0.4) is 0 Å². The summed E-state index contributed by atoms with van der Waals surface area (Å²) in [5, 5.41) is 3.26. The Morgan fingerprint density at radius 1 is 1.28 bits per heavy atom. The van der Waals surface area contributed by atoms with Gasteiger partial charge >= 0.3 is 0 Å². The van der Waals surface area contributed by atoms with E-state index >= 15 is 0 Å². The number of methoxy groups -OCH3 is 1. The third-order valence-corrected chi connectivity index (χ3v) is 3.08. The van der Waals surface area contributed by atoms with Gasteiger partial charge in [-0.05, 0) is 38.4 Å². The molecule has 1 rings (SSSR count). The maximum Gasteiger partial charge on any atom is 0.129 e. The third kappa shape index (κ3) is 4.03. The fraction of sp³-hybridized carbons (Fsp3) is 0.571. The van der Waals surface area contributed by atoms with Crippen LogP contribution in [0.25, 0.3) is 0 Å². The number of hydrogen-bond acceptors (Lipinski definition) is 2. The van der Waals surface area contributed by atoms with Gasteiger partial charge in [0.15, 0.2) is 0 Å². The van der Waals surface area contributed by atoms with Crippen molar-refractivity contribution in [1.82, 2.24) is 5.32 Å². The van der Waals surface area contributed by atoms with E-state index in [0.717, 1.165) is 13.0 Å². The maximum absolute atomic E-state index is 13.6. The van der Waals surface area contributed by atoms with E-state index < -0.39 is 11.6 Å². The topological polar surface area (TPSA) is 21.3 Å². The number of benzene rings is 1. The first-order valence-electron chi connectivity index (χ1n) is 6.29. The molecule has 0 spiro atoms. The van der Waals surface area contributed by atoms with E-state index in [0.29, 0.717) is 0 Å². The second kappa shape index (κ2) is 7.44. The lowest BCUT2D eigenvalue weighted by atomic mass is 10.0. The van der Waals surface area contributed by atoms with Crippen molar-refractivity contribution in [3.8, 4) is 0 Å². The van der Waals surface area contributed by atoms with Gasteiger partial charge in [-0.15, -0.1) is 0 Å². The largest absolute Gasteiger partial charge is 0.380 e. The molecule has 2 unspecified atom stereocenters. The molecular formula is C14H21F2NO. The minimum atomic E-state index is -0.499. The monoisotopic (exact) mass is 257 g/mol. The Labute approximate surface area is 107 Å². The molecule has 0 bridgehead atoms. The van der Waals surface area contributed by atoms with Gasteiger partial charge < -0.3 is 10.1 Å². The summed E-state index contributed by atoms with van der Waals surface area (Å²) in [6.07, 6.45) is 1.15. The van der Waals surface area contributed by atoms with E-state index in [-0.39, 0.29) is 24.1 Å². The first kappa shape index (κ1) is 15.1. The molecule has 102 valence electrons. The normalized spacial score (nSPS) is 14.5. The van der Waals surface area contributed by atoms with Crippen molar-refractivity contribution >= 4 is 0 Å². The predicted octanol–water partition coefficient (Wildman–Crippen LogP) is 2.91. The van der Waals surface area contributed by atoms with Crippen LogP contribution in [-0.2, 0) is 11.2 Å². The SMILES string of the molecule is CCCNC(Cc1c(F)cccc1F)C(C)OC.